The molecule has 0 saturated heterocycles. The molecule has 1 aliphatic carbocycles. The van der Waals surface area contributed by atoms with Gasteiger partial charge in [-0.05, 0) is 30.4 Å². The van der Waals surface area contributed by atoms with Crippen LogP contribution in [0.2, 0.25) is 0 Å². The number of halogens is 2. The number of hydrogen-bond donors (Lipinski definition) is 1. The van der Waals surface area contributed by atoms with Gasteiger partial charge in [-0.3, -0.25) is 0 Å². The topological polar surface area (TPSA) is 35.2 Å². The molecule has 110 valence electrons. The molecule has 0 saturated carbocycles. The first-order valence-electron chi connectivity index (χ1n) is 7.10. The van der Waals surface area contributed by atoms with Crippen molar-refractivity contribution in [1.29, 1.82) is 0 Å². The fourth-order valence-corrected chi connectivity index (χ4v) is 2.87. The summed E-state index contributed by atoms with van der Waals surface area (Å²) in [5.41, 5.74) is 7.69. The Morgan fingerprint density at radius 1 is 1.14 bits per heavy atom. The highest BCUT2D eigenvalue weighted by Gasteiger charge is 2.21. The lowest BCUT2D eigenvalue weighted by Crippen LogP contribution is -2.17. The second kappa shape index (κ2) is 5.72. The fraction of sp³-hybridized carbons (Fsp3) is 0.294. The van der Waals surface area contributed by atoms with E-state index in [0.29, 0.717) is 6.61 Å². The fourth-order valence-electron chi connectivity index (χ4n) is 2.87. The highest BCUT2D eigenvalue weighted by atomic mass is 19.1. The molecule has 2 aromatic rings. The molecule has 0 bridgehead atoms. The number of fused-ring (bicyclic) bond motifs is 1. The standard InChI is InChI=1S/C17H17F2NO/c18-14-9-17(15(19)8-16(14)20)21-10-12-6-3-5-11-4-1-2-7-13(11)12/h1-2,4,7-9,12H,3,5-6,10,20H2. The minimum absolute atomic E-state index is 0.0789. The van der Waals surface area contributed by atoms with E-state index in [1.807, 2.05) is 12.1 Å². The third-order valence-corrected chi connectivity index (χ3v) is 3.98. The van der Waals surface area contributed by atoms with Crippen molar-refractivity contribution >= 4 is 5.69 Å². The van der Waals surface area contributed by atoms with Gasteiger partial charge in [0.05, 0.1) is 12.3 Å². The molecular weight excluding hydrogens is 272 g/mol. The van der Waals surface area contributed by atoms with Gasteiger partial charge in [0.2, 0.25) is 0 Å². The van der Waals surface area contributed by atoms with Crippen LogP contribution in [0.25, 0.3) is 0 Å². The van der Waals surface area contributed by atoms with Crippen LogP contribution in [-0.4, -0.2) is 6.61 Å². The van der Waals surface area contributed by atoms with E-state index in [4.69, 9.17) is 10.5 Å². The summed E-state index contributed by atoms with van der Waals surface area (Å²) >= 11 is 0. The number of rotatable bonds is 3. The lowest BCUT2D eigenvalue weighted by molar-refractivity contribution is 0.262. The lowest BCUT2D eigenvalue weighted by atomic mass is 9.83. The highest BCUT2D eigenvalue weighted by molar-refractivity contribution is 5.44. The van der Waals surface area contributed by atoms with Crippen LogP contribution >= 0.6 is 0 Å². The molecule has 0 heterocycles. The SMILES string of the molecule is Nc1cc(F)c(OCC2CCCc3ccccc32)cc1F. The van der Waals surface area contributed by atoms with Gasteiger partial charge in [-0.25, -0.2) is 8.78 Å². The predicted octanol–water partition coefficient (Wildman–Crippen LogP) is 4.05. The quantitative estimate of drug-likeness (QED) is 0.865. The van der Waals surface area contributed by atoms with Gasteiger partial charge in [-0.15, -0.1) is 0 Å². The maximum atomic E-state index is 13.7. The van der Waals surface area contributed by atoms with Gasteiger partial charge in [-0.2, -0.15) is 0 Å². The molecule has 1 unspecified atom stereocenters. The molecule has 0 aliphatic heterocycles. The Morgan fingerprint density at radius 2 is 1.95 bits per heavy atom. The summed E-state index contributed by atoms with van der Waals surface area (Å²) in [6.07, 6.45) is 3.15. The van der Waals surface area contributed by atoms with E-state index in [-0.39, 0.29) is 17.4 Å². The van der Waals surface area contributed by atoms with Crippen molar-refractivity contribution in [1.82, 2.24) is 0 Å². The zero-order valence-electron chi connectivity index (χ0n) is 11.6. The minimum Gasteiger partial charge on any atom is -0.490 e. The monoisotopic (exact) mass is 289 g/mol. The first kappa shape index (κ1) is 13.9. The zero-order valence-corrected chi connectivity index (χ0v) is 11.6. The Balaban J connectivity index is 1.76. The van der Waals surface area contributed by atoms with Gasteiger partial charge in [0.25, 0.3) is 0 Å². The minimum atomic E-state index is -0.657. The first-order chi connectivity index (χ1) is 10.1. The number of aryl methyl sites for hydroxylation is 1. The van der Waals surface area contributed by atoms with E-state index in [9.17, 15) is 8.78 Å². The van der Waals surface area contributed by atoms with Crippen LogP contribution in [0.1, 0.15) is 29.9 Å². The maximum absolute atomic E-state index is 13.7. The molecule has 2 N–H and O–H groups in total. The highest BCUT2D eigenvalue weighted by Crippen LogP contribution is 2.32. The largest absolute Gasteiger partial charge is 0.490 e. The molecule has 2 aromatic carbocycles. The van der Waals surface area contributed by atoms with Crippen molar-refractivity contribution in [2.24, 2.45) is 0 Å². The van der Waals surface area contributed by atoms with Crippen LogP contribution in [0, 0.1) is 11.6 Å². The normalized spacial score (nSPS) is 17.3. The molecule has 4 heteroatoms. The Kier molecular flexibility index (Phi) is 3.78. The van der Waals surface area contributed by atoms with Crippen LogP contribution < -0.4 is 10.5 Å². The van der Waals surface area contributed by atoms with Crippen LogP contribution in [0.5, 0.6) is 5.75 Å². The van der Waals surface area contributed by atoms with Crippen molar-refractivity contribution in [3.05, 3.63) is 59.2 Å². The van der Waals surface area contributed by atoms with Crippen molar-refractivity contribution in [3.8, 4) is 5.75 Å². The Labute approximate surface area is 122 Å². The second-order valence-electron chi connectivity index (χ2n) is 5.40. The second-order valence-corrected chi connectivity index (χ2v) is 5.40. The third-order valence-electron chi connectivity index (χ3n) is 3.98. The van der Waals surface area contributed by atoms with Crippen LogP contribution in [0.15, 0.2) is 36.4 Å². The summed E-state index contributed by atoms with van der Waals surface area (Å²) < 4.78 is 32.6. The third kappa shape index (κ3) is 2.84. The average molecular weight is 289 g/mol. The molecule has 0 radical (unpaired) electrons. The smallest absolute Gasteiger partial charge is 0.167 e. The van der Waals surface area contributed by atoms with Crippen molar-refractivity contribution in [3.63, 3.8) is 0 Å². The lowest BCUT2D eigenvalue weighted by Gasteiger charge is -2.25. The van der Waals surface area contributed by atoms with Crippen LogP contribution in [0.3, 0.4) is 0 Å². The Bertz CT molecular complexity index is 657. The van der Waals surface area contributed by atoms with E-state index in [1.54, 1.807) is 0 Å². The molecule has 0 amide bonds. The summed E-state index contributed by atoms with van der Waals surface area (Å²) in [4.78, 5) is 0. The Morgan fingerprint density at radius 3 is 2.81 bits per heavy atom. The van der Waals surface area contributed by atoms with Crippen molar-refractivity contribution in [2.45, 2.75) is 25.2 Å². The molecule has 0 aromatic heterocycles. The number of ether oxygens (including phenoxy) is 1. The van der Waals surface area contributed by atoms with E-state index < -0.39 is 11.6 Å². The van der Waals surface area contributed by atoms with Gasteiger partial charge in [0, 0.05) is 18.1 Å². The van der Waals surface area contributed by atoms with E-state index >= 15 is 0 Å². The number of nitrogens with two attached hydrogens (primary N) is 1. The van der Waals surface area contributed by atoms with Crippen LogP contribution in [-0.2, 0) is 6.42 Å². The molecule has 3 rings (SSSR count). The van der Waals surface area contributed by atoms with E-state index in [2.05, 4.69) is 12.1 Å². The van der Waals surface area contributed by atoms with E-state index in [0.717, 1.165) is 31.4 Å². The summed E-state index contributed by atoms with van der Waals surface area (Å²) in [7, 11) is 0. The molecule has 2 nitrogen and oxygen atoms in total. The van der Waals surface area contributed by atoms with Gasteiger partial charge < -0.3 is 10.5 Å². The number of benzene rings is 2. The summed E-state index contributed by atoms with van der Waals surface area (Å²) in [6.45, 7) is 0.345. The summed E-state index contributed by atoms with van der Waals surface area (Å²) in [5.74, 6) is -1.15. The van der Waals surface area contributed by atoms with Gasteiger partial charge >= 0.3 is 0 Å². The molecule has 1 atom stereocenters. The van der Waals surface area contributed by atoms with E-state index in [1.165, 1.54) is 11.1 Å². The maximum Gasteiger partial charge on any atom is 0.167 e. The summed E-state index contributed by atoms with van der Waals surface area (Å²) in [6, 6.07) is 10.2. The van der Waals surface area contributed by atoms with Gasteiger partial charge in [0.1, 0.15) is 5.82 Å². The molecule has 21 heavy (non-hydrogen) atoms. The number of nitrogen functional groups attached to an aromatic ring is 1. The summed E-state index contributed by atoms with van der Waals surface area (Å²) in [5, 5.41) is 0. The molecule has 1 aliphatic rings. The number of anilines is 1. The molecule has 0 fully saturated rings. The molecular formula is C17H17F2NO. The predicted molar refractivity (Wildman–Crippen MR) is 78.4 cm³/mol. The van der Waals surface area contributed by atoms with Gasteiger partial charge in [-0.1, -0.05) is 24.3 Å². The number of hydrogen-bond acceptors (Lipinski definition) is 2. The average Bonchev–Trinajstić information content (AvgIpc) is 2.49. The Hall–Kier alpha value is -2.10. The van der Waals surface area contributed by atoms with Gasteiger partial charge in [0.15, 0.2) is 11.6 Å². The van der Waals surface area contributed by atoms with Crippen molar-refractivity contribution in [2.75, 3.05) is 12.3 Å². The van der Waals surface area contributed by atoms with Crippen LogP contribution in [0.4, 0.5) is 14.5 Å². The first-order valence-corrected chi connectivity index (χ1v) is 7.10. The van der Waals surface area contributed by atoms with Crippen molar-refractivity contribution < 1.29 is 13.5 Å². The zero-order chi connectivity index (χ0) is 14.8. The molecule has 0 spiro atoms.